The van der Waals surface area contributed by atoms with Crippen molar-refractivity contribution in [1.29, 1.82) is 0 Å². The molecule has 0 aromatic carbocycles. The first kappa shape index (κ1) is 25.6. The number of carbonyl (C=O) groups excluding carboxylic acids is 1. The van der Waals surface area contributed by atoms with Crippen LogP contribution in [0.15, 0.2) is 12.2 Å². The lowest BCUT2D eigenvalue weighted by Gasteiger charge is -2.09. The molecule has 0 bridgehead atoms. The Balaban J connectivity index is 3.28. The van der Waals surface area contributed by atoms with Gasteiger partial charge in [0.15, 0.2) is 0 Å². The third kappa shape index (κ3) is 19.2. The SMILES string of the molecule is CCCCCCCC/C=C\CCCCCCCCNC(=O)C(O)CC(=O)O. The van der Waals surface area contributed by atoms with E-state index in [-0.39, 0.29) is 0 Å². The molecule has 0 radical (unpaired) electrons. The quantitative estimate of drug-likeness (QED) is 0.217. The largest absolute Gasteiger partial charge is 0.481 e. The molecule has 5 heteroatoms. The third-order valence-electron chi connectivity index (χ3n) is 4.66. The summed E-state index contributed by atoms with van der Waals surface area (Å²) in [4.78, 5) is 21.8. The summed E-state index contributed by atoms with van der Waals surface area (Å²) in [5.74, 6) is -1.76. The lowest BCUT2D eigenvalue weighted by atomic mass is 10.1. The molecule has 0 spiro atoms. The number of aliphatic hydroxyl groups excluding tert-OH is 1. The van der Waals surface area contributed by atoms with Gasteiger partial charge in [0.05, 0.1) is 6.42 Å². The molecule has 1 amide bonds. The molecule has 0 aliphatic rings. The zero-order chi connectivity index (χ0) is 20.2. The monoisotopic (exact) mass is 383 g/mol. The summed E-state index contributed by atoms with van der Waals surface area (Å²) in [5, 5.41) is 20.4. The summed E-state index contributed by atoms with van der Waals surface area (Å²) in [6.07, 6.45) is 20.0. The molecule has 0 fully saturated rings. The Morgan fingerprint density at radius 3 is 1.81 bits per heavy atom. The van der Waals surface area contributed by atoms with Gasteiger partial charge in [0.1, 0.15) is 6.10 Å². The number of hydrogen-bond donors (Lipinski definition) is 3. The van der Waals surface area contributed by atoms with Crippen molar-refractivity contribution in [3.63, 3.8) is 0 Å². The standard InChI is InChI=1S/C22H41NO4/c1-2-3-4-5-6-7-8-9-10-11-12-13-14-15-16-17-18-23-22(27)20(24)19-21(25)26/h9-10,20,24H,2-8,11-19H2,1H3,(H,23,27)(H,25,26)/b10-9-. The van der Waals surface area contributed by atoms with Crippen molar-refractivity contribution in [2.45, 2.75) is 109 Å². The van der Waals surface area contributed by atoms with Gasteiger partial charge in [-0.3, -0.25) is 9.59 Å². The first-order chi connectivity index (χ1) is 13.1. The highest BCUT2D eigenvalue weighted by Gasteiger charge is 2.17. The molecule has 0 aliphatic carbocycles. The molecule has 0 saturated carbocycles. The topological polar surface area (TPSA) is 86.6 Å². The van der Waals surface area contributed by atoms with Gasteiger partial charge in [0.25, 0.3) is 0 Å². The highest BCUT2D eigenvalue weighted by molar-refractivity contribution is 5.84. The van der Waals surface area contributed by atoms with Gasteiger partial charge in [-0.15, -0.1) is 0 Å². The van der Waals surface area contributed by atoms with Crippen molar-refractivity contribution in [3.8, 4) is 0 Å². The molecule has 3 N–H and O–H groups in total. The number of aliphatic hydroxyl groups is 1. The fourth-order valence-corrected chi connectivity index (χ4v) is 2.96. The number of rotatable bonds is 19. The van der Waals surface area contributed by atoms with Crippen LogP contribution in [-0.4, -0.2) is 34.7 Å². The molecule has 27 heavy (non-hydrogen) atoms. The van der Waals surface area contributed by atoms with Crippen molar-refractivity contribution in [3.05, 3.63) is 12.2 Å². The summed E-state index contributed by atoms with van der Waals surface area (Å²) in [6.45, 7) is 2.75. The van der Waals surface area contributed by atoms with Crippen LogP contribution in [-0.2, 0) is 9.59 Å². The van der Waals surface area contributed by atoms with Crippen LogP contribution in [0.2, 0.25) is 0 Å². The van der Waals surface area contributed by atoms with Gasteiger partial charge in [-0.25, -0.2) is 0 Å². The predicted octanol–water partition coefficient (Wildman–Crippen LogP) is 4.98. The molecule has 0 rings (SSSR count). The number of allylic oxidation sites excluding steroid dienone is 2. The van der Waals surface area contributed by atoms with Gasteiger partial charge in [0, 0.05) is 6.54 Å². The summed E-state index contributed by atoms with van der Waals surface area (Å²) < 4.78 is 0. The van der Waals surface area contributed by atoms with E-state index in [2.05, 4.69) is 24.4 Å². The highest BCUT2D eigenvalue weighted by atomic mass is 16.4. The van der Waals surface area contributed by atoms with Gasteiger partial charge in [-0.05, 0) is 32.1 Å². The number of carboxylic acids is 1. The minimum atomic E-state index is -1.45. The van der Waals surface area contributed by atoms with E-state index in [0.29, 0.717) is 6.54 Å². The maximum atomic E-state index is 11.4. The van der Waals surface area contributed by atoms with Crippen molar-refractivity contribution < 1.29 is 19.8 Å². The van der Waals surface area contributed by atoms with Crippen LogP contribution in [0.4, 0.5) is 0 Å². The predicted molar refractivity (Wildman–Crippen MR) is 111 cm³/mol. The van der Waals surface area contributed by atoms with Crippen molar-refractivity contribution in [2.24, 2.45) is 0 Å². The minimum Gasteiger partial charge on any atom is -0.481 e. The Morgan fingerprint density at radius 2 is 1.30 bits per heavy atom. The maximum absolute atomic E-state index is 11.4. The van der Waals surface area contributed by atoms with Crippen LogP contribution >= 0.6 is 0 Å². The van der Waals surface area contributed by atoms with E-state index in [1.54, 1.807) is 0 Å². The first-order valence-corrected chi connectivity index (χ1v) is 10.9. The average molecular weight is 384 g/mol. The molecule has 0 aliphatic heterocycles. The van der Waals surface area contributed by atoms with Gasteiger partial charge in [-0.2, -0.15) is 0 Å². The van der Waals surface area contributed by atoms with Crippen LogP contribution < -0.4 is 5.32 Å². The van der Waals surface area contributed by atoms with Crippen LogP contribution in [0.1, 0.15) is 103 Å². The Morgan fingerprint density at radius 1 is 0.815 bits per heavy atom. The number of nitrogens with one attached hydrogen (secondary N) is 1. The second-order valence-corrected chi connectivity index (χ2v) is 7.34. The molecule has 5 nitrogen and oxygen atoms in total. The molecule has 0 saturated heterocycles. The van der Waals surface area contributed by atoms with Crippen LogP contribution in [0.3, 0.4) is 0 Å². The molecule has 0 aromatic rings. The number of aliphatic carboxylic acids is 1. The van der Waals surface area contributed by atoms with Crippen molar-refractivity contribution in [1.82, 2.24) is 5.32 Å². The fourth-order valence-electron chi connectivity index (χ4n) is 2.96. The van der Waals surface area contributed by atoms with E-state index >= 15 is 0 Å². The van der Waals surface area contributed by atoms with Crippen LogP contribution in [0, 0.1) is 0 Å². The lowest BCUT2D eigenvalue weighted by molar-refractivity contribution is -0.143. The van der Waals surface area contributed by atoms with Crippen LogP contribution in [0.25, 0.3) is 0 Å². The van der Waals surface area contributed by atoms with E-state index < -0.39 is 24.4 Å². The molecule has 1 unspecified atom stereocenters. The number of unbranched alkanes of at least 4 members (excludes halogenated alkanes) is 12. The number of carbonyl (C=O) groups is 2. The number of hydrogen-bond acceptors (Lipinski definition) is 3. The van der Waals surface area contributed by atoms with E-state index in [1.165, 1.54) is 70.6 Å². The van der Waals surface area contributed by atoms with E-state index in [4.69, 9.17) is 5.11 Å². The minimum absolute atomic E-state index is 0.497. The molecule has 0 aromatic heterocycles. The normalized spacial score (nSPS) is 12.4. The Bertz CT molecular complexity index is 396. The first-order valence-electron chi connectivity index (χ1n) is 10.9. The summed E-state index contributed by atoms with van der Waals surface area (Å²) >= 11 is 0. The molecule has 158 valence electrons. The van der Waals surface area contributed by atoms with E-state index in [1.807, 2.05) is 0 Å². The molecule has 1 atom stereocenters. The van der Waals surface area contributed by atoms with Gasteiger partial charge < -0.3 is 15.5 Å². The lowest BCUT2D eigenvalue weighted by Crippen LogP contribution is -2.36. The van der Waals surface area contributed by atoms with Crippen LogP contribution in [0.5, 0.6) is 0 Å². The Hall–Kier alpha value is -1.36. The Kier molecular flexibility index (Phi) is 18.4. The van der Waals surface area contributed by atoms with E-state index in [9.17, 15) is 14.7 Å². The summed E-state index contributed by atoms with van der Waals surface area (Å²) in [6, 6.07) is 0. The van der Waals surface area contributed by atoms with Crippen molar-refractivity contribution >= 4 is 11.9 Å². The number of amides is 1. The van der Waals surface area contributed by atoms with Crippen molar-refractivity contribution in [2.75, 3.05) is 6.54 Å². The highest BCUT2D eigenvalue weighted by Crippen LogP contribution is 2.09. The molecular formula is C22H41NO4. The smallest absolute Gasteiger partial charge is 0.306 e. The molecule has 0 heterocycles. The zero-order valence-corrected chi connectivity index (χ0v) is 17.3. The van der Waals surface area contributed by atoms with Gasteiger partial charge >= 0.3 is 5.97 Å². The third-order valence-corrected chi connectivity index (χ3v) is 4.66. The Labute approximate surface area is 165 Å². The van der Waals surface area contributed by atoms with E-state index in [0.717, 1.165) is 19.3 Å². The molecular weight excluding hydrogens is 342 g/mol. The van der Waals surface area contributed by atoms with Gasteiger partial charge in [0.2, 0.25) is 5.91 Å². The van der Waals surface area contributed by atoms with Gasteiger partial charge in [-0.1, -0.05) is 76.9 Å². The number of carboxylic acid groups (broad SMARTS) is 1. The summed E-state index contributed by atoms with van der Waals surface area (Å²) in [7, 11) is 0. The zero-order valence-electron chi connectivity index (χ0n) is 17.3. The second-order valence-electron chi connectivity index (χ2n) is 7.34. The maximum Gasteiger partial charge on any atom is 0.306 e. The summed E-state index contributed by atoms with van der Waals surface area (Å²) in [5.41, 5.74) is 0. The average Bonchev–Trinajstić information content (AvgIpc) is 2.63. The second kappa shape index (κ2) is 19.4. The fraction of sp³-hybridized carbons (Fsp3) is 0.818.